The molecule has 1 atom stereocenters. The van der Waals surface area contributed by atoms with Gasteiger partial charge in [0.2, 0.25) is 21.8 Å². The van der Waals surface area contributed by atoms with Gasteiger partial charge in [-0.1, -0.05) is 85.8 Å². The van der Waals surface area contributed by atoms with E-state index in [0.717, 1.165) is 48.2 Å². The molecule has 11 heteroatoms. The molecule has 1 saturated carbocycles. The van der Waals surface area contributed by atoms with Crippen LogP contribution in [0.15, 0.2) is 72.8 Å². The van der Waals surface area contributed by atoms with Gasteiger partial charge in [0.05, 0.1) is 11.9 Å². The van der Waals surface area contributed by atoms with Gasteiger partial charge in [0, 0.05) is 22.6 Å². The second-order valence-corrected chi connectivity index (χ2v) is 13.8. The normalized spacial score (nSPS) is 14.5. The van der Waals surface area contributed by atoms with E-state index in [4.69, 9.17) is 27.9 Å². The van der Waals surface area contributed by atoms with Crippen molar-refractivity contribution in [2.24, 2.45) is 0 Å². The van der Waals surface area contributed by atoms with Gasteiger partial charge >= 0.3 is 0 Å². The van der Waals surface area contributed by atoms with Gasteiger partial charge in [-0.25, -0.2) is 8.42 Å². The molecule has 3 aromatic rings. The van der Waals surface area contributed by atoms with Crippen LogP contribution in [0.4, 0.5) is 5.69 Å². The maximum absolute atomic E-state index is 14.0. The Kier molecular flexibility index (Phi) is 11.9. The van der Waals surface area contributed by atoms with Gasteiger partial charge in [-0.15, -0.1) is 0 Å². The quantitative estimate of drug-likeness (QED) is 0.223. The molecule has 3 aromatic carbocycles. The first-order valence-corrected chi connectivity index (χ1v) is 17.4. The van der Waals surface area contributed by atoms with E-state index in [1.54, 1.807) is 42.5 Å². The average Bonchev–Trinajstić information content (AvgIpc) is 3.00. The number of nitrogens with one attached hydrogen (secondary N) is 1. The number of carbonyl (C=O) groups excluding carboxylic acids is 2. The Morgan fingerprint density at radius 2 is 1.66 bits per heavy atom. The molecule has 1 N–H and O–H groups in total. The van der Waals surface area contributed by atoms with E-state index in [1.807, 2.05) is 37.3 Å². The zero-order chi connectivity index (χ0) is 31.7. The van der Waals surface area contributed by atoms with Crippen LogP contribution in [0.5, 0.6) is 5.75 Å². The molecule has 0 saturated heterocycles. The lowest BCUT2D eigenvalue weighted by Gasteiger charge is -2.34. The molecular weight excluding hydrogens is 621 g/mol. The van der Waals surface area contributed by atoms with E-state index in [1.165, 1.54) is 4.90 Å². The summed E-state index contributed by atoms with van der Waals surface area (Å²) in [5, 5.41) is 3.92. The number of sulfonamides is 1. The first-order valence-electron chi connectivity index (χ1n) is 14.8. The maximum atomic E-state index is 14.0. The first-order chi connectivity index (χ1) is 21.0. The Labute approximate surface area is 270 Å². The highest BCUT2D eigenvalue weighted by Crippen LogP contribution is 2.26. The van der Waals surface area contributed by atoms with Crippen molar-refractivity contribution in [3.8, 4) is 5.75 Å². The van der Waals surface area contributed by atoms with Gasteiger partial charge in [-0.3, -0.25) is 13.9 Å². The minimum atomic E-state index is -3.88. The highest BCUT2D eigenvalue weighted by atomic mass is 35.5. The number of nitrogens with zero attached hydrogens (tertiary/aromatic N) is 2. The monoisotopic (exact) mass is 659 g/mol. The molecule has 4 rings (SSSR count). The van der Waals surface area contributed by atoms with Crippen LogP contribution < -0.4 is 14.4 Å². The summed E-state index contributed by atoms with van der Waals surface area (Å²) in [4.78, 5) is 29.0. The van der Waals surface area contributed by atoms with Crippen molar-refractivity contribution in [2.45, 2.75) is 70.7 Å². The molecule has 0 radical (unpaired) electrons. The number of ether oxygens (including phenoxy) is 1. The fourth-order valence-corrected chi connectivity index (χ4v) is 6.68. The topological polar surface area (TPSA) is 96.0 Å². The number of hydrogen-bond acceptors (Lipinski definition) is 5. The van der Waals surface area contributed by atoms with E-state index in [9.17, 15) is 18.0 Å². The molecule has 236 valence electrons. The molecule has 1 aliphatic carbocycles. The van der Waals surface area contributed by atoms with Crippen molar-refractivity contribution in [1.82, 2.24) is 10.2 Å². The van der Waals surface area contributed by atoms with Crippen LogP contribution >= 0.6 is 23.2 Å². The summed E-state index contributed by atoms with van der Waals surface area (Å²) < 4.78 is 32.8. The third kappa shape index (κ3) is 9.36. The third-order valence-electron chi connectivity index (χ3n) is 7.75. The minimum Gasteiger partial charge on any atom is -0.489 e. The number of benzene rings is 3. The van der Waals surface area contributed by atoms with Crippen LogP contribution in [0.25, 0.3) is 0 Å². The Balaban J connectivity index is 1.57. The van der Waals surface area contributed by atoms with E-state index >= 15 is 0 Å². The summed E-state index contributed by atoms with van der Waals surface area (Å²) in [6.45, 7) is 1.70. The predicted octanol–water partition coefficient (Wildman–Crippen LogP) is 6.59. The molecule has 0 unspecified atom stereocenters. The Bertz CT molecular complexity index is 1510. The van der Waals surface area contributed by atoms with Gasteiger partial charge in [0.15, 0.2) is 0 Å². The molecule has 0 aliphatic heterocycles. The lowest BCUT2D eigenvalue weighted by molar-refractivity contribution is -0.140. The van der Waals surface area contributed by atoms with E-state index < -0.39 is 28.5 Å². The van der Waals surface area contributed by atoms with Gasteiger partial charge in [0.1, 0.15) is 24.9 Å². The average molecular weight is 661 g/mol. The summed E-state index contributed by atoms with van der Waals surface area (Å²) in [5.41, 5.74) is 1.90. The Morgan fingerprint density at radius 1 is 0.977 bits per heavy atom. The molecule has 0 spiro atoms. The zero-order valence-corrected chi connectivity index (χ0v) is 27.4. The summed E-state index contributed by atoms with van der Waals surface area (Å²) in [5.74, 6) is -0.234. The van der Waals surface area contributed by atoms with Gasteiger partial charge in [-0.2, -0.15) is 0 Å². The first kappa shape index (κ1) is 33.6. The van der Waals surface area contributed by atoms with Crippen LogP contribution in [0.2, 0.25) is 10.0 Å². The third-order valence-corrected chi connectivity index (χ3v) is 9.47. The van der Waals surface area contributed by atoms with Gasteiger partial charge < -0.3 is 15.0 Å². The number of halogens is 2. The van der Waals surface area contributed by atoms with E-state index in [2.05, 4.69) is 5.32 Å². The van der Waals surface area contributed by atoms with Gasteiger partial charge in [-0.05, 0) is 66.8 Å². The highest BCUT2D eigenvalue weighted by molar-refractivity contribution is 7.92. The minimum absolute atomic E-state index is 0.00922. The maximum Gasteiger partial charge on any atom is 0.244 e. The second-order valence-electron chi connectivity index (χ2n) is 11.1. The van der Waals surface area contributed by atoms with Crippen molar-refractivity contribution in [2.75, 3.05) is 17.1 Å². The summed E-state index contributed by atoms with van der Waals surface area (Å²) in [7, 11) is -3.88. The van der Waals surface area contributed by atoms with Crippen LogP contribution in [0.3, 0.4) is 0 Å². The number of rotatable bonds is 13. The lowest BCUT2D eigenvalue weighted by atomic mass is 9.95. The van der Waals surface area contributed by atoms with E-state index in [0.29, 0.717) is 40.1 Å². The Hall–Kier alpha value is -3.27. The smallest absolute Gasteiger partial charge is 0.244 e. The van der Waals surface area contributed by atoms with Crippen molar-refractivity contribution in [3.63, 3.8) is 0 Å². The number of carbonyl (C=O) groups is 2. The van der Waals surface area contributed by atoms with E-state index in [-0.39, 0.29) is 18.5 Å². The van der Waals surface area contributed by atoms with Crippen molar-refractivity contribution < 1.29 is 22.7 Å². The molecule has 8 nitrogen and oxygen atoms in total. The van der Waals surface area contributed by atoms with Crippen LogP contribution in [-0.4, -0.2) is 50.0 Å². The predicted molar refractivity (Wildman–Crippen MR) is 176 cm³/mol. The summed E-state index contributed by atoms with van der Waals surface area (Å²) in [6.07, 6.45) is 6.41. The van der Waals surface area contributed by atoms with Crippen LogP contribution in [0.1, 0.15) is 56.6 Å². The molecule has 1 aliphatic rings. The second kappa shape index (κ2) is 15.6. The Morgan fingerprint density at radius 3 is 2.27 bits per heavy atom. The van der Waals surface area contributed by atoms with Crippen molar-refractivity contribution in [1.29, 1.82) is 0 Å². The molecular formula is C33H39Cl2N3O5S. The number of hydrogen-bond donors (Lipinski definition) is 1. The lowest BCUT2D eigenvalue weighted by Crippen LogP contribution is -2.54. The fraction of sp³-hybridized carbons (Fsp3) is 0.394. The molecule has 0 bridgehead atoms. The standard InChI is InChI=1S/C33H39Cl2N3O5S/c1-3-31(33(40)36-27-12-8-5-9-13-27)37(21-25-14-15-26(34)20-30(25)35)32(39)22-38(44(2,41)42)28-16-18-29(19-17-28)43-23-24-10-6-4-7-11-24/h4,6-7,10-11,14-20,27,31H,3,5,8-9,12-13,21-23H2,1-2H3,(H,36,40)/t31-/m1/s1. The molecule has 2 amide bonds. The highest BCUT2D eigenvalue weighted by Gasteiger charge is 2.33. The molecule has 0 heterocycles. The zero-order valence-electron chi connectivity index (χ0n) is 25.0. The van der Waals surface area contributed by atoms with Crippen LogP contribution in [-0.2, 0) is 32.8 Å². The fourth-order valence-electron chi connectivity index (χ4n) is 5.36. The molecule has 0 aromatic heterocycles. The van der Waals surface area contributed by atoms with Gasteiger partial charge in [0.25, 0.3) is 0 Å². The molecule has 1 fully saturated rings. The summed E-state index contributed by atoms with van der Waals surface area (Å²) in [6, 6.07) is 20.4. The number of anilines is 1. The number of amides is 2. The van der Waals surface area contributed by atoms with Crippen molar-refractivity contribution in [3.05, 3.63) is 94.0 Å². The summed E-state index contributed by atoms with van der Waals surface area (Å²) >= 11 is 12.6. The SMILES string of the molecule is CC[C@H](C(=O)NC1CCCCC1)N(Cc1ccc(Cl)cc1Cl)C(=O)CN(c1ccc(OCc2ccccc2)cc1)S(C)(=O)=O. The molecule has 44 heavy (non-hydrogen) atoms. The van der Waals surface area contributed by atoms with Crippen molar-refractivity contribution >= 4 is 50.7 Å². The van der Waals surface area contributed by atoms with Crippen LogP contribution in [0, 0.1) is 0 Å². The largest absolute Gasteiger partial charge is 0.489 e.